The fraction of sp³-hybridized carbons (Fsp3) is 0. The van der Waals surface area contributed by atoms with Crippen molar-refractivity contribution in [3.63, 3.8) is 0 Å². The summed E-state index contributed by atoms with van der Waals surface area (Å²) in [4.78, 5) is 11.6. The van der Waals surface area contributed by atoms with Gasteiger partial charge in [-0.15, -0.1) is 10.2 Å². The number of rotatable bonds is 4. The van der Waals surface area contributed by atoms with E-state index in [0.29, 0.717) is 16.3 Å². The highest BCUT2D eigenvalue weighted by molar-refractivity contribution is 7.20. The molecule has 3 aromatic rings. The highest BCUT2D eigenvalue weighted by atomic mass is 32.1. The predicted molar refractivity (Wildman–Crippen MR) is 93.4 cm³/mol. The second kappa shape index (κ2) is 6.51. The molecule has 0 fully saturated rings. The van der Waals surface area contributed by atoms with E-state index in [0.717, 1.165) is 11.3 Å². The number of nitrogens with zero attached hydrogens (tertiary/aromatic N) is 2. The second-order valence-electron chi connectivity index (χ2n) is 4.88. The molecule has 2 aromatic carbocycles. The van der Waals surface area contributed by atoms with Crippen LogP contribution in [0.3, 0.4) is 0 Å². The monoisotopic (exact) mass is 339 g/mol. The molecule has 0 bridgehead atoms. The smallest absolute Gasteiger partial charge is 0.339 e. The molecule has 0 amide bonds. The first kappa shape index (κ1) is 15.7. The Hall–Kier alpha value is -3.19. The molecule has 1 aromatic heterocycles. The van der Waals surface area contributed by atoms with Gasteiger partial charge in [0.05, 0.1) is 5.69 Å². The summed E-state index contributed by atoms with van der Waals surface area (Å²) in [6.45, 7) is 0. The zero-order valence-electron chi connectivity index (χ0n) is 12.4. The maximum atomic E-state index is 11.6. The summed E-state index contributed by atoms with van der Waals surface area (Å²) in [5.74, 6) is -1.22. The molecule has 0 saturated heterocycles. The van der Waals surface area contributed by atoms with Crippen LogP contribution < -0.4 is 5.73 Å². The largest absolute Gasteiger partial charge is 0.507 e. The van der Waals surface area contributed by atoms with Gasteiger partial charge in [0.25, 0.3) is 0 Å². The van der Waals surface area contributed by atoms with Crippen molar-refractivity contribution in [2.75, 3.05) is 5.73 Å². The van der Waals surface area contributed by atoms with Crippen LogP contribution in [0, 0.1) is 0 Å². The van der Waals surface area contributed by atoms with Crippen LogP contribution in [-0.2, 0) is 0 Å². The second-order valence-corrected chi connectivity index (χ2v) is 5.91. The third-order valence-electron chi connectivity index (χ3n) is 3.32. The Labute approximate surface area is 141 Å². The lowest BCUT2D eigenvalue weighted by molar-refractivity contribution is 0.0699. The molecule has 0 saturated carbocycles. The van der Waals surface area contributed by atoms with Gasteiger partial charge in [0.15, 0.2) is 0 Å². The van der Waals surface area contributed by atoms with Gasteiger partial charge >= 0.3 is 5.97 Å². The molecule has 0 aliphatic rings. The lowest BCUT2D eigenvalue weighted by Gasteiger charge is -2.05. The summed E-state index contributed by atoms with van der Waals surface area (Å²) in [5, 5.41) is 28.3. The van der Waals surface area contributed by atoms with Crippen LogP contribution >= 0.6 is 11.3 Å². The quantitative estimate of drug-likeness (QED) is 0.592. The van der Waals surface area contributed by atoms with E-state index in [2.05, 4.69) is 10.2 Å². The highest BCUT2D eigenvalue weighted by Gasteiger charge is 2.25. The number of phenols is 1. The maximum Gasteiger partial charge on any atom is 0.339 e. The SMILES string of the molecule is Nc1sc(N=Nc2ccccc2)c(-c2ccccc2O)c1C(=O)O. The molecule has 0 unspecified atom stereocenters. The minimum absolute atomic E-state index is 0.0473. The number of phenolic OH excluding ortho intramolecular Hbond substituents is 1. The number of thiophene rings is 1. The summed E-state index contributed by atoms with van der Waals surface area (Å²) >= 11 is 1.02. The highest BCUT2D eigenvalue weighted by Crippen LogP contribution is 2.47. The number of aromatic hydroxyl groups is 1. The normalized spacial score (nSPS) is 11.0. The molecule has 4 N–H and O–H groups in total. The van der Waals surface area contributed by atoms with Crippen LogP contribution in [0.2, 0.25) is 0 Å². The Balaban J connectivity index is 2.17. The predicted octanol–water partition coefficient (Wildman–Crippen LogP) is 4.82. The maximum absolute atomic E-state index is 11.6. The van der Waals surface area contributed by atoms with Crippen molar-refractivity contribution in [1.82, 2.24) is 0 Å². The van der Waals surface area contributed by atoms with Gasteiger partial charge in [0, 0.05) is 11.1 Å². The molecule has 0 radical (unpaired) electrons. The average Bonchev–Trinajstić information content (AvgIpc) is 2.91. The van der Waals surface area contributed by atoms with Crippen molar-refractivity contribution in [2.45, 2.75) is 0 Å². The van der Waals surface area contributed by atoms with Crippen LogP contribution in [0.4, 0.5) is 15.7 Å². The molecule has 1 heterocycles. The molecule has 7 heteroatoms. The first-order chi connectivity index (χ1) is 11.6. The van der Waals surface area contributed by atoms with Crippen LogP contribution in [0.25, 0.3) is 11.1 Å². The first-order valence-corrected chi connectivity index (χ1v) is 7.80. The number of aromatic carboxylic acids is 1. The van der Waals surface area contributed by atoms with E-state index in [9.17, 15) is 15.0 Å². The minimum Gasteiger partial charge on any atom is -0.507 e. The molecule has 6 nitrogen and oxygen atoms in total. The van der Waals surface area contributed by atoms with E-state index in [1.807, 2.05) is 18.2 Å². The van der Waals surface area contributed by atoms with Crippen LogP contribution in [0.15, 0.2) is 64.8 Å². The number of benzene rings is 2. The number of carboxylic acid groups (broad SMARTS) is 1. The lowest BCUT2D eigenvalue weighted by atomic mass is 10.0. The van der Waals surface area contributed by atoms with Gasteiger partial charge in [0.2, 0.25) is 0 Å². The topological polar surface area (TPSA) is 108 Å². The Morgan fingerprint density at radius 1 is 1.00 bits per heavy atom. The molecular formula is C17H13N3O3S. The van der Waals surface area contributed by atoms with E-state index in [-0.39, 0.29) is 21.9 Å². The van der Waals surface area contributed by atoms with Crippen molar-refractivity contribution in [2.24, 2.45) is 10.2 Å². The van der Waals surface area contributed by atoms with Gasteiger partial charge in [-0.2, -0.15) is 0 Å². The summed E-state index contributed by atoms with van der Waals surface area (Å²) in [5.41, 5.74) is 7.02. The summed E-state index contributed by atoms with van der Waals surface area (Å²) in [7, 11) is 0. The average molecular weight is 339 g/mol. The number of nitrogen functional groups attached to an aromatic ring is 1. The van der Waals surface area contributed by atoms with Crippen molar-refractivity contribution in [3.05, 3.63) is 60.2 Å². The van der Waals surface area contributed by atoms with E-state index in [1.54, 1.807) is 30.3 Å². The van der Waals surface area contributed by atoms with Crippen molar-refractivity contribution >= 4 is 33.0 Å². The number of nitrogens with two attached hydrogens (primary N) is 1. The van der Waals surface area contributed by atoms with Crippen molar-refractivity contribution < 1.29 is 15.0 Å². The van der Waals surface area contributed by atoms with E-state index >= 15 is 0 Å². The lowest BCUT2D eigenvalue weighted by Crippen LogP contribution is -2.00. The molecule has 0 atom stereocenters. The number of carboxylic acids is 1. The minimum atomic E-state index is -1.18. The Morgan fingerprint density at radius 3 is 2.33 bits per heavy atom. The molecule has 0 aliphatic heterocycles. The van der Waals surface area contributed by atoms with Crippen LogP contribution in [-0.4, -0.2) is 16.2 Å². The zero-order chi connectivity index (χ0) is 17.1. The third-order valence-corrected chi connectivity index (χ3v) is 4.22. The molecule has 0 spiro atoms. The number of anilines is 1. The number of hydrogen-bond acceptors (Lipinski definition) is 6. The summed E-state index contributed by atoms with van der Waals surface area (Å²) in [6.07, 6.45) is 0. The number of azo groups is 1. The third kappa shape index (κ3) is 2.97. The van der Waals surface area contributed by atoms with Gasteiger partial charge in [-0.3, -0.25) is 0 Å². The fourth-order valence-corrected chi connectivity index (χ4v) is 3.15. The van der Waals surface area contributed by atoms with E-state index < -0.39 is 5.97 Å². The van der Waals surface area contributed by atoms with Crippen LogP contribution in [0.5, 0.6) is 5.75 Å². The van der Waals surface area contributed by atoms with Gasteiger partial charge in [0.1, 0.15) is 21.3 Å². The van der Waals surface area contributed by atoms with Crippen molar-refractivity contribution in [1.29, 1.82) is 0 Å². The zero-order valence-corrected chi connectivity index (χ0v) is 13.2. The van der Waals surface area contributed by atoms with E-state index in [4.69, 9.17) is 5.73 Å². The van der Waals surface area contributed by atoms with E-state index in [1.165, 1.54) is 6.07 Å². The number of hydrogen-bond donors (Lipinski definition) is 3. The Kier molecular flexibility index (Phi) is 4.26. The molecule has 3 rings (SSSR count). The van der Waals surface area contributed by atoms with Gasteiger partial charge in [-0.05, 0) is 18.2 Å². The molecule has 0 aliphatic carbocycles. The van der Waals surface area contributed by atoms with Gasteiger partial charge in [-0.25, -0.2) is 4.79 Å². The standard InChI is InChI=1S/C17H13N3O3S/c18-15-14(17(22)23)13(11-8-4-5-9-12(11)21)16(24-15)20-19-10-6-2-1-3-7-10/h1-9,21H,18H2,(H,22,23). The van der Waals surface area contributed by atoms with Crippen LogP contribution in [0.1, 0.15) is 10.4 Å². The van der Waals surface area contributed by atoms with Crippen molar-refractivity contribution in [3.8, 4) is 16.9 Å². The molecule has 120 valence electrons. The number of carbonyl (C=O) groups is 1. The Bertz CT molecular complexity index is 920. The summed E-state index contributed by atoms with van der Waals surface area (Å²) < 4.78 is 0. The molecular weight excluding hydrogens is 326 g/mol. The van der Waals surface area contributed by atoms with Gasteiger partial charge in [-0.1, -0.05) is 47.7 Å². The molecule has 24 heavy (non-hydrogen) atoms. The fourth-order valence-electron chi connectivity index (χ4n) is 2.25. The van der Waals surface area contributed by atoms with Gasteiger partial charge < -0.3 is 15.9 Å². The number of para-hydroxylation sites is 1. The first-order valence-electron chi connectivity index (χ1n) is 6.98. The Morgan fingerprint density at radius 2 is 1.67 bits per heavy atom. The summed E-state index contributed by atoms with van der Waals surface area (Å²) in [6, 6.07) is 15.5.